The summed E-state index contributed by atoms with van der Waals surface area (Å²) in [7, 11) is 0. The van der Waals surface area contributed by atoms with Crippen LogP contribution in [0.5, 0.6) is 0 Å². The van der Waals surface area contributed by atoms with Gasteiger partial charge in [0.15, 0.2) is 5.60 Å². The molecular formula is C20H22N2O2. The van der Waals surface area contributed by atoms with Gasteiger partial charge >= 0.3 is 0 Å². The number of nitrogens with zero attached hydrogens (tertiary/aromatic N) is 1. The Morgan fingerprint density at radius 1 is 1.04 bits per heavy atom. The lowest BCUT2D eigenvalue weighted by Crippen LogP contribution is -2.39. The van der Waals surface area contributed by atoms with Crippen LogP contribution in [-0.4, -0.2) is 17.0 Å². The van der Waals surface area contributed by atoms with Crippen molar-refractivity contribution >= 4 is 11.6 Å². The van der Waals surface area contributed by atoms with Crippen LogP contribution in [-0.2, 0) is 9.63 Å². The maximum absolute atomic E-state index is 12.7. The van der Waals surface area contributed by atoms with E-state index in [0.29, 0.717) is 12.8 Å². The molecule has 2 fully saturated rings. The van der Waals surface area contributed by atoms with E-state index in [1.807, 2.05) is 67.4 Å². The summed E-state index contributed by atoms with van der Waals surface area (Å²) in [5.41, 5.74) is 1.10. The van der Waals surface area contributed by atoms with E-state index in [1.54, 1.807) is 0 Å². The molecule has 0 aliphatic carbocycles. The van der Waals surface area contributed by atoms with Crippen molar-refractivity contribution in [3.8, 4) is 0 Å². The number of nitrogens with one attached hydrogen (secondary N) is 1. The van der Waals surface area contributed by atoms with Gasteiger partial charge in [-0.05, 0) is 31.5 Å². The minimum absolute atomic E-state index is 0.00753. The van der Waals surface area contributed by atoms with E-state index in [4.69, 9.17) is 4.84 Å². The lowest BCUT2D eigenvalue weighted by atomic mass is 9.86. The highest BCUT2D eigenvalue weighted by molar-refractivity contribution is 5.89. The molecule has 2 atom stereocenters. The molecular weight excluding hydrogens is 300 g/mol. The third kappa shape index (κ3) is 2.47. The molecule has 124 valence electrons. The average Bonchev–Trinajstić information content (AvgIpc) is 3.06. The molecule has 4 nitrogen and oxygen atoms in total. The molecule has 1 amide bonds. The molecule has 1 N–H and O–H groups in total. The molecule has 2 heterocycles. The van der Waals surface area contributed by atoms with Crippen LogP contribution in [0.2, 0.25) is 0 Å². The van der Waals surface area contributed by atoms with Crippen LogP contribution < -0.4 is 10.4 Å². The quantitative estimate of drug-likeness (QED) is 0.918. The number of benzene rings is 2. The highest BCUT2D eigenvalue weighted by Crippen LogP contribution is 2.48. The largest absolute Gasteiger partial charge is 0.348 e. The summed E-state index contributed by atoms with van der Waals surface area (Å²) in [5.74, 6) is -0.00753. The van der Waals surface area contributed by atoms with Crippen molar-refractivity contribution in [1.29, 1.82) is 0 Å². The maximum Gasteiger partial charge on any atom is 0.255 e. The fourth-order valence-corrected chi connectivity index (χ4v) is 3.92. The molecule has 2 aliphatic rings. The van der Waals surface area contributed by atoms with Crippen LogP contribution in [0.4, 0.5) is 5.69 Å². The summed E-state index contributed by atoms with van der Waals surface area (Å²) in [5, 5.41) is 4.99. The molecule has 0 bridgehead atoms. The number of amides is 1. The van der Waals surface area contributed by atoms with Gasteiger partial charge in [-0.15, -0.1) is 0 Å². The molecule has 0 saturated carbocycles. The van der Waals surface area contributed by atoms with Crippen molar-refractivity contribution < 1.29 is 9.63 Å². The van der Waals surface area contributed by atoms with E-state index in [1.165, 1.54) is 0 Å². The second-order valence-corrected chi connectivity index (χ2v) is 7.39. The predicted octanol–water partition coefficient (Wildman–Crippen LogP) is 3.61. The van der Waals surface area contributed by atoms with E-state index in [-0.39, 0.29) is 17.5 Å². The number of hydroxylamine groups is 1. The molecule has 24 heavy (non-hydrogen) atoms. The fourth-order valence-electron chi connectivity index (χ4n) is 3.92. The summed E-state index contributed by atoms with van der Waals surface area (Å²) in [6, 6.07) is 20.3. The van der Waals surface area contributed by atoms with E-state index in [9.17, 15) is 4.79 Å². The van der Waals surface area contributed by atoms with Crippen molar-refractivity contribution in [3.63, 3.8) is 0 Å². The van der Waals surface area contributed by atoms with E-state index in [0.717, 1.165) is 11.3 Å². The molecule has 0 radical (unpaired) electrons. The van der Waals surface area contributed by atoms with Gasteiger partial charge in [0.2, 0.25) is 0 Å². The van der Waals surface area contributed by atoms with Crippen LogP contribution in [0.1, 0.15) is 38.3 Å². The summed E-state index contributed by atoms with van der Waals surface area (Å²) in [6.07, 6.45) is 1.33. The van der Waals surface area contributed by atoms with Gasteiger partial charge in [0.1, 0.15) is 0 Å². The van der Waals surface area contributed by atoms with Crippen molar-refractivity contribution in [2.24, 2.45) is 0 Å². The average molecular weight is 322 g/mol. The van der Waals surface area contributed by atoms with Crippen molar-refractivity contribution in [3.05, 3.63) is 66.2 Å². The SMILES string of the molecule is CC1(C)C[C@@]2(C[C@@H](c3ccccc3)N(c3ccccc3)O2)C(=O)N1. The van der Waals surface area contributed by atoms with Gasteiger partial charge in [0.05, 0.1) is 11.7 Å². The monoisotopic (exact) mass is 322 g/mol. The van der Waals surface area contributed by atoms with Gasteiger partial charge in [-0.3, -0.25) is 9.63 Å². The van der Waals surface area contributed by atoms with Gasteiger partial charge in [-0.1, -0.05) is 48.5 Å². The highest BCUT2D eigenvalue weighted by atomic mass is 16.7. The molecule has 4 rings (SSSR count). The van der Waals surface area contributed by atoms with Gasteiger partial charge in [0, 0.05) is 18.4 Å². The summed E-state index contributed by atoms with van der Waals surface area (Å²) < 4.78 is 0. The molecule has 1 spiro atoms. The van der Waals surface area contributed by atoms with Crippen molar-refractivity contribution in [1.82, 2.24) is 5.32 Å². The first kappa shape index (κ1) is 15.2. The number of rotatable bonds is 2. The van der Waals surface area contributed by atoms with Gasteiger partial charge in [-0.2, -0.15) is 0 Å². The van der Waals surface area contributed by atoms with E-state index in [2.05, 4.69) is 17.4 Å². The topological polar surface area (TPSA) is 41.6 Å². The van der Waals surface area contributed by atoms with Crippen LogP contribution in [0.15, 0.2) is 60.7 Å². The molecule has 0 aromatic heterocycles. The first-order chi connectivity index (χ1) is 11.5. The number of carbonyl (C=O) groups is 1. The summed E-state index contributed by atoms with van der Waals surface area (Å²) >= 11 is 0. The maximum atomic E-state index is 12.7. The second kappa shape index (κ2) is 5.35. The third-order valence-electron chi connectivity index (χ3n) is 4.87. The molecule has 4 heteroatoms. The number of carbonyl (C=O) groups excluding carboxylic acids is 1. The van der Waals surface area contributed by atoms with E-state index >= 15 is 0 Å². The zero-order valence-electron chi connectivity index (χ0n) is 14.0. The van der Waals surface area contributed by atoms with Crippen molar-refractivity contribution in [2.75, 3.05) is 5.06 Å². The molecule has 2 aromatic carbocycles. The first-order valence-electron chi connectivity index (χ1n) is 8.40. The van der Waals surface area contributed by atoms with Crippen molar-refractivity contribution in [2.45, 2.75) is 43.9 Å². The van der Waals surface area contributed by atoms with Crippen LogP contribution in [0.25, 0.3) is 0 Å². The summed E-state index contributed by atoms with van der Waals surface area (Å²) in [4.78, 5) is 19.0. The Balaban J connectivity index is 1.75. The smallest absolute Gasteiger partial charge is 0.255 e. The number of anilines is 1. The van der Waals surface area contributed by atoms with E-state index < -0.39 is 5.60 Å². The Kier molecular flexibility index (Phi) is 3.39. The third-order valence-corrected chi connectivity index (χ3v) is 4.87. The standard InChI is InChI=1S/C20H22N2O2/c1-19(2)14-20(18(23)21-19)13-17(15-9-5-3-6-10-15)22(24-20)16-11-7-4-8-12-16/h3-12,17H,13-14H2,1-2H3,(H,21,23)/t17-,20-/m0/s1. The van der Waals surface area contributed by atoms with Gasteiger partial charge < -0.3 is 5.32 Å². The van der Waals surface area contributed by atoms with Crippen LogP contribution in [0.3, 0.4) is 0 Å². The lowest BCUT2D eigenvalue weighted by molar-refractivity contribution is -0.137. The number of para-hydroxylation sites is 1. The molecule has 2 aromatic rings. The Hall–Kier alpha value is -2.33. The molecule has 2 saturated heterocycles. The molecule has 0 unspecified atom stereocenters. The summed E-state index contributed by atoms with van der Waals surface area (Å²) in [6.45, 7) is 4.09. The Labute approximate surface area is 142 Å². The number of hydrogen-bond acceptors (Lipinski definition) is 3. The minimum Gasteiger partial charge on any atom is -0.348 e. The van der Waals surface area contributed by atoms with Crippen LogP contribution in [0, 0.1) is 0 Å². The Bertz CT molecular complexity index is 695. The van der Waals surface area contributed by atoms with Gasteiger partial charge in [-0.25, -0.2) is 5.06 Å². The Morgan fingerprint density at radius 2 is 1.67 bits per heavy atom. The first-order valence-corrected chi connectivity index (χ1v) is 8.40. The zero-order valence-corrected chi connectivity index (χ0v) is 14.0. The number of hydrogen-bond donors (Lipinski definition) is 1. The van der Waals surface area contributed by atoms with Crippen LogP contribution >= 0.6 is 0 Å². The highest BCUT2D eigenvalue weighted by Gasteiger charge is 2.58. The minimum atomic E-state index is -0.792. The predicted molar refractivity (Wildman–Crippen MR) is 93.4 cm³/mol. The van der Waals surface area contributed by atoms with Gasteiger partial charge in [0.25, 0.3) is 5.91 Å². The Morgan fingerprint density at radius 3 is 2.25 bits per heavy atom. The normalized spacial score (nSPS) is 28.3. The second-order valence-electron chi connectivity index (χ2n) is 7.39. The zero-order chi connectivity index (χ0) is 16.8. The fraction of sp³-hybridized carbons (Fsp3) is 0.350. The lowest BCUT2D eigenvalue weighted by Gasteiger charge is -2.26. The molecule has 2 aliphatic heterocycles.